The number of hydrogen-bond donors (Lipinski definition) is 0. The van der Waals surface area contributed by atoms with Gasteiger partial charge in [-0.05, 0) is 42.2 Å². The minimum Gasteiger partial charge on any atom is -0.493 e. The molecule has 0 saturated carbocycles. The highest BCUT2D eigenvalue weighted by atomic mass is 16.5. The van der Waals surface area contributed by atoms with E-state index in [1.54, 1.807) is 36.3 Å². The van der Waals surface area contributed by atoms with Crippen molar-refractivity contribution in [2.24, 2.45) is 11.8 Å². The summed E-state index contributed by atoms with van der Waals surface area (Å²) in [6.45, 7) is 9.25. The van der Waals surface area contributed by atoms with Gasteiger partial charge in [0.1, 0.15) is 5.76 Å². The molecule has 0 spiro atoms. The number of furan rings is 1. The number of rotatable bonds is 12. The van der Waals surface area contributed by atoms with Crippen molar-refractivity contribution in [3.63, 3.8) is 0 Å². The fourth-order valence-electron chi connectivity index (χ4n) is 3.48. The van der Waals surface area contributed by atoms with Gasteiger partial charge < -0.3 is 23.7 Å². The van der Waals surface area contributed by atoms with E-state index in [-0.39, 0.29) is 30.2 Å². The average molecular weight is 445 g/mol. The highest BCUT2D eigenvalue weighted by molar-refractivity contribution is 5.85. The van der Waals surface area contributed by atoms with Crippen molar-refractivity contribution in [2.45, 2.75) is 40.7 Å². The summed E-state index contributed by atoms with van der Waals surface area (Å²) in [7, 11) is 3.20. The van der Waals surface area contributed by atoms with E-state index in [1.807, 2.05) is 52.0 Å². The van der Waals surface area contributed by atoms with Crippen molar-refractivity contribution >= 4 is 11.8 Å². The molecule has 32 heavy (non-hydrogen) atoms. The second-order valence-electron chi connectivity index (χ2n) is 8.60. The smallest absolute Gasteiger partial charge is 0.242 e. The van der Waals surface area contributed by atoms with E-state index in [0.717, 1.165) is 5.56 Å². The Morgan fingerprint density at radius 3 is 2.28 bits per heavy atom. The molecule has 2 aromatic rings. The fraction of sp³-hybridized carbons (Fsp3) is 0.520. The number of nitrogens with zero attached hydrogens (tertiary/aromatic N) is 2. The molecule has 0 fully saturated rings. The predicted octanol–water partition coefficient (Wildman–Crippen LogP) is 4.01. The Morgan fingerprint density at radius 2 is 1.72 bits per heavy atom. The molecular formula is C25H36N2O5. The Morgan fingerprint density at radius 1 is 1.00 bits per heavy atom. The summed E-state index contributed by atoms with van der Waals surface area (Å²) in [6.07, 6.45) is 2.23. The number of carbonyl (C=O) groups is 2. The van der Waals surface area contributed by atoms with Crippen molar-refractivity contribution in [3.8, 4) is 11.5 Å². The van der Waals surface area contributed by atoms with Gasteiger partial charge in [0.25, 0.3) is 0 Å². The van der Waals surface area contributed by atoms with Gasteiger partial charge in [-0.3, -0.25) is 9.59 Å². The van der Waals surface area contributed by atoms with Crippen molar-refractivity contribution in [3.05, 3.63) is 47.9 Å². The summed E-state index contributed by atoms with van der Waals surface area (Å²) in [4.78, 5) is 29.4. The first-order chi connectivity index (χ1) is 15.2. The van der Waals surface area contributed by atoms with Gasteiger partial charge in [0.15, 0.2) is 11.5 Å². The van der Waals surface area contributed by atoms with E-state index in [1.165, 1.54) is 0 Å². The number of methoxy groups -OCH3 is 2. The third-order valence-corrected chi connectivity index (χ3v) is 5.12. The minimum absolute atomic E-state index is 0.00936. The summed E-state index contributed by atoms with van der Waals surface area (Å²) in [5.41, 5.74) is 1.03. The zero-order valence-corrected chi connectivity index (χ0v) is 20.1. The lowest BCUT2D eigenvalue weighted by Crippen LogP contribution is -2.45. The van der Waals surface area contributed by atoms with Gasteiger partial charge in [-0.15, -0.1) is 0 Å². The minimum atomic E-state index is -0.160. The second kappa shape index (κ2) is 12.2. The van der Waals surface area contributed by atoms with E-state index in [2.05, 4.69) is 0 Å². The van der Waals surface area contributed by atoms with Crippen LogP contribution in [0, 0.1) is 11.8 Å². The van der Waals surface area contributed by atoms with Crippen LogP contribution in [0.1, 0.15) is 39.0 Å². The molecule has 0 saturated heterocycles. The number of amides is 2. The summed E-state index contributed by atoms with van der Waals surface area (Å²) in [5.74, 6) is 2.02. The van der Waals surface area contributed by atoms with E-state index in [0.29, 0.717) is 43.3 Å². The number of benzene rings is 1. The van der Waals surface area contributed by atoms with Gasteiger partial charge in [-0.25, -0.2) is 0 Å². The Bertz CT molecular complexity index is 861. The molecule has 2 amide bonds. The molecule has 0 aliphatic heterocycles. The molecule has 176 valence electrons. The monoisotopic (exact) mass is 444 g/mol. The maximum Gasteiger partial charge on any atom is 0.242 e. The normalized spacial score (nSPS) is 11.0. The van der Waals surface area contributed by atoms with Gasteiger partial charge >= 0.3 is 0 Å². The Kier molecular flexibility index (Phi) is 9.62. The van der Waals surface area contributed by atoms with Gasteiger partial charge in [0, 0.05) is 19.0 Å². The number of carbonyl (C=O) groups excluding carboxylic acids is 2. The average Bonchev–Trinajstić information content (AvgIpc) is 3.28. The van der Waals surface area contributed by atoms with Crippen LogP contribution in [0.25, 0.3) is 0 Å². The van der Waals surface area contributed by atoms with E-state index in [9.17, 15) is 9.59 Å². The third-order valence-electron chi connectivity index (χ3n) is 5.12. The molecule has 1 aromatic carbocycles. The van der Waals surface area contributed by atoms with Gasteiger partial charge in [0.05, 0.1) is 33.6 Å². The lowest BCUT2D eigenvalue weighted by Gasteiger charge is -2.29. The van der Waals surface area contributed by atoms with Crippen molar-refractivity contribution < 1.29 is 23.5 Å². The molecular weight excluding hydrogens is 408 g/mol. The van der Waals surface area contributed by atoms with Crippen LogP contribution in [0.3, 0.4) is 0 Å². The van der Waals surface area contributed by atoms with Crippen molar-refractivity contribution in [1.29, 1.82) is 0 Å². The van der Waals surface area contributed by atoms with Crippen LogP contribution in [0.5, 0.6) is 11.5 Å². The maximum atomic E-state index is 13.3. The first kappa shape index (κ1) is 25.3. The number of hydrogen-bond acceptors (Lipinski definition) is 5. The van der Waals surface area contributed by atoms with E-state index in [4.69, 9.17) is 13.9 Å². The molecule has 7 nitrogen and oxygen atoms in total. The lowest BCUT2D eigenvalue weighted by atomic mass is 10.1. The molecule has 0 radical (unpaired) electrons. The quantitative estimate of drug-likeness (QED) is 0.495. The highest BCUT2D eigenvalue weighted by Gasteiger charge is 2.24. The molecule has 0 atom stereocenters. The molecule has 1 aromatic heterocycles. The van der Waals surface area contributed by atoms with E-state index >= 15 is 0 Å². The highest BCUT2D eigenvalue weighted by Crippen LogP contribution is 2.27. The second-order valence-corrected chi connectivity index (χ2v) is 8.60. The molecule has 0 aliphatic rings. The Labute approximate surface area is 191 Å². The molecule has 1 heterocycles. The van der Waals surface area contributed by atoms with Crippen LogP contribution in [-0.2, 0) is 22.6 Å². The van der Waals surface area contributed by atoms with Crippen LogP contribution < -0.4 is 9.47 Å². The third kappa shape index (κ3) is 7.32. The lowest BCUT2D eigenvalue weighted by molar-refractivity contribution is -0.143. The SMILES string of the molecule is COc1ccc(CCN(Cc2ccco2)C(=O)CN(CC(C)C)C(=O)C(C)C)cc1OC. The first-order valence-corrected chi connectivity index (χ1v) is 11.0. The molecule has 0 aliphatic carbocycles. The zero-order chi connectivity index (χ0) is 23.7. The van der Waals surface area contributed by atoms with Crippen LogP contribution in [0.15, 0.2) is 41.0 Å². The van der Waals surface area contributed by atoms with Crippen LogP contribution in [-0.4, -0.2) is 55.5 Å². The van der Waals surface area contributed by atoms with Crippen LogP contribution in [0.4, 0.5) is 0 Å². The Balaban J connectivity index is 2.16. The largest absolute Gasteiger partial charge is 0.493 e. The molecule has 7 heteroatoms. The van der Waals surface area contributed by atoms with Gasteiger partial charge in [0.2, 0.25) is 11.8 Å². The molecule has 0 bridgehead atoms. The topological polar surface area (TPSA) is 72.2 Å². The fourth-order valence-corrected chi connectivity index (χ4v) is 3.48. The standard InChI is InChI=1S/C25H36N2O5/c1-18(2)15-27(25(29)19(3)4)17-24(28)26(16-21-8-7-13-32-21)12-11-20-9-10-22(30-5)23(14-20)31-6/h7-10,13-14,18-19H,11-12,15-17H2,1-6H3. The Hall–Kier alpha value is -2.96. The van der Waals surface area contributed by atoms with Crippen LogP contribution in [0.2, 0.25) is 0 Å². The first-order valence-electron chi connectivity index (χ1n) is 11.0. The van der Waals surface area contributed by atoms with Crippen molar-refractivity contribution in [1.82, 2.24) is 9.80 Å². The maximum absolute atomic E-state index is 13.3. The zero-order valence-electron chi connectivity index (χ0n) is 20.1. The summed E-state index contributed by atoms with van der Waals surface area (Å²) >= 11 is 0. The summed E-state index contributed by atoms with van der Waals surface area (Å²) in [6, 6.07) is 9.39. The predicted molar refractivity (Wildman–Crippen MR) is 124 cm³/mol. The van der Waals surface area contributed by atoms with Gasteiger partial charge in [-0.1, -0.05) is 33.8 Å². The molecule has 0 N–H and O–H groups in total. The van der Waals surface area contributed by atoms with Gasteiger partial charge in [-0.2, -0.15) is 0 Å². The van der Waals surface area contributed by atoms with Crippen LogP contribution >= 0.6 is 0 Å². The van der Waals surface area contributed by atoms with E-state index < -0.39 is 0 Å². The molecule has 0 unspecified atom stereocenters. The number of ether oxygens (including phenoxy) is 2. The molecule has 2 rings (SSSR count). The van der Waals surface area contributed by atoms with Crippen molar-refractivity contribution in [2.75, 3.05) is 33.9 Å². The summed E-state index contributed by atoms with van der Waals surface area (Å²) < 4.78 is 16.2. The summed E-state index contributed by atoms with van der Waals surface area (Å²) in [5, 5.41) is 0.